The van der Waals surface area contributed by atoms with E-state index in [0.29, 0.717) is 0 Å². The van der Waals surface area contributed by atoms with Gasteiger partial charge in [-0.1, -0.05) is 30.3 Å². The number of nitrogens with zero attached hydrogens (tertiary/aromatic N) is 3. The van der Waals surface area contributed by atoms with Crippen molar-refractivity contribution >= 4 is 5.69 Å². The van der Waals surface area contributed by atoms with Crippen LogP contribution >= 0.6 is 0 Å². The van der Waals surface area contributed by atoms with Crippen molar-refractivity contribution in [2.75, 3.05) is 24.5 Å². The molecular formula is C22H23N3O. The highest BCUT2D eigenvalue weighted by atomic mass is 16.3. The van der Waals surface area contributed by atoms with Gasteiger partial charge in [0.25, 0.3) is 0 Å². The summed E-state index contributed by atoms with van der Waals surface area (Å²) in [5.74, 6) is 1.04. The number of anilines is 1. The molecule has 0 radical (unpaired) electrons. The minimum atomic E-state index is 0.137. The molecule has 4 nitrogen and oxygen atoms in total. The lowest BCUT2D eigenvalue weighted by atomic mass is 9.85. The molecule has 0 bridgehead atoms. The molecule has 4 heterocycles. The molecular weight excluding hydrogens is 322 g/mol. The van der Waals surface area contributed by atoms with Crippen molar-refractivity contribution in [1.82, 2.24) is 9.88 Å². The normalized spacial score (nSPS) is 22.2. The molecule has 1 atom stereocenters. The first-order valence-electron chi connectivity index (χ1n) is 9.32. The number of rotatable bonds is 4. The molecule has 2 aliphatic heterocycles. The van der Waals surface area contributed by atoms with Crippen LogP contribution < -0.4 is 4.90 Å². The van der Waals surface area contributed by atoms with Gasteiger partial charge in [0.1, 0.15) is 5.76 Å². The second kappa shape index (κ2) is 6.29. The van der Waals surface area contributed by atoms with Gasteiger partial charge in [-0.3, -0.25) is 9.88 Å². The highest BCUT2D eigenvalue weighted by Crippen LogP contribution is 2.45. The van der Waals surface area contributed by atoms with Gasteiger partial charge in [-0.15, -0.1) is 0 Å². The fourth-order valence-corrected chi connectivity index (χ4v) is 4.57. The summed E-state index contributed by atoms with van der Waals surface area (Å²) >= 11 is 0. The molecule has 0 unspecified atom stereocenters. The summed E-state index contributed by atoms with van der Waals surface area (Å²) in [4.78, 5) is 9.84. The topological polar surface area (TPSA) is 32.5 Å². The SMILES string of the molecule is c1ccc(CN2C[C@@]3(CCN(Cc4ccco4)C3)c3ncccc32)cc1. The van der Waals surface area contributed by atoms with E-state index in [4.69, 9.17) is 9.40 Å². The van der Waals surface area contributed by atoms with Crippen molar-refractivity contribution in [3.63, 3.8) is 0 Å². The Bertz CT molecular complexity index is 877. The van der Waals surface area contributed by atoms with Gasteiger partial charge in [-0.25, -0.2) is 0 Å². The predicted molar refractivity (Wildman–Crippen MR) is 102 cm³/mol. The number of hydrogen-bond donors (Lipinski definition) is 0. The van der Waals surface area contributed by atoms with Crippen molar-refractivity contribution < 1.29 is 4.42 Å². The number of hydrogen-bond acceptors (Lipinski definition) is 4. The van der Waals surface area contributed by atoms with Gasteiger partial charge < -0.3 is 9.32 Å². The van der Waals surface area contributed by atoms with E-state index in [0.717, 1.165) is 44.9 Å². The van der Waals surface area contributed by atoms with Gasteiger partial charge in [0.15, 0.2) is 0 Å². The van der Waals surface area contributed by atoms with Crippen LogP contribution in [0.4, 0.5) is 5.69 Å². The summed E-state index contributed by atoms with van der Waals surface area (Å²) in [6.45, 7) is 5.01. The summed E-state index contributed by atoms with van der Waals surface area (Å²) in [6, 6.07) is 19.0. The van der Waals surface area contributed by atoms with Crippen LogP contribution in [0.3, 0.4) is 0 Å². The van der Waals surface area contributed by atoms with E-state index in [1.54, 1.807) is 6.26 Å². The van der Waals surface area contributed by atoms with Crippen LogP contribution in [-0.4, -0.2) is 29.5 Å². The Labute approximate surface area is 154 Å². The molecule has 2 aromatic heterocycles. The van der Waals surface area contributed by atoms with E-state index in [1.807, 2.05) is 12.3 Å². The largest absolute Gasteiger partial charge is 0.468 e. The molecule has 1 saturated heterocycles. The van der Waals surface area contributed by atoms with Crippen LogP contribution in [0, 0.1) is 0 Å². The van der Waals surface area contributed by atoms with Crippen LogP contribution in [0.1, 0.15) is 23.4 Å². The first-order chi connectivity index (χ1) is 12.8. The zero-order chi connectivity index (χ0) is 17.4. The van der Waals surface area contributed by atoms with Crippen molar-refractivity contribution in [1.29, 1.82) is 0 Å². The summed E-state index contributed by atoms with van der Waals surface area (Å²) in [5.41, 5.74) is 4.07. The van der Waals surface area contributed by atoms with Gasteiger partial charge in [0, 0.05) is 31.2 Å². The molecule has 1 spiro atoms. The average molecular weight is 345 g/mol. The summed E-state index contributed by atoms with van der Waals surface area (Å²) in [7, 11) is 0. The first-order valence-corrected chi connectivity index (χ1v) is 9.32. The van der Waals surface area contributed by atoms with E-state index in [2.05, 4.69) is 58.3 Å². The van der Waals surface area contributed by atoms with Crippen molar-refractivity contribution in [3.05, 3.63) is 84.1 Å². The van der Waals surface area contributed by atoms with E-state index in [9.17, 15) is 0 Å². The summed E-state index contributed by atoms with van der Waals surface area (Å²) < 4.78 is 5.55. The third-order valence-electron chi connectivity index (χ3n) is 5.73. The smallest absolute Gasteiger partial charge is 0.117 e. The average Bonchev–Trinajstić information content (AvgIpc) is 3.39. The van der Waals surface area contributed by atoms with Gasteiger partial charge >= 0.3 is 0 Å². The van der Waals surface area contributed by atoms with Crippen LogP contribution in [-0.2, 0) is 18.5 Å². The Morgan fingerprint density at radius 3 is 2.73 bits per heavy atom. The van der Waals surface area contributed by atoms with Gasteiger partial charge in [-0.2, -0.15) is 0 Å². The van der Waals surface area contributed by atoms with Gasteiger partial charge in [0.05, 0.1) is 24.2 Å². The van der Waals surface area contributed by atoms with Gasteiger partial charge in [-0.05, 0) is 42.8 Å². The highest BCUT2D eigenvalue weighted by molar-refractivity contribution is 5.60. The zero-order valence-corrected chi connectivity index (χ0v) is 14.8. The molecule has 0 amide bonds. The number of pyridine rings is 1. The molecule has 132 valence electrons. The Morgan fingerprint density at radius 2 is 1.88 bits per heavy atom. The fraction of sp³-hybridized carbons (Fsp3) is 0.318. The second-order valence-corrected chi connectivity index (χ2v) is 7.53. The molecule has 3 aromatic rings. The van der Waals surface area contributed by atoms with E-state index in [1.165, 1.54) is 16.9 Å². The molecule has 0 aliphatic carbocycles. The Kier molecular flexibility index (Phi) is 3.79. The maximum absolute atomic E-state index is 5.55. The van der Waals surface area contributed by atoms with Crippen molar-refractivity contribution in [3.8, 4) is 0 Å². The zero-order valence-electron chi connectivity index (χ0n) is 14.8. The lowest BCUT2D eigenvalue weighted by molar-refractivity contribution is 0.278. The Morgan fingerprint density at radius 1 is 0.962 bits per heavy atom. The first kappa shape index (κ1) is 15.6. The summed E-state index contributed by atoms with van der Waals surface area (Å²) in [6.07, 6.45) is 4.86. The quantitative estimate of drug-likeness (QED) is 0.719. The molecule has 1 aromatic carbocycles. The number of fused-ring (bicyclic) bond motifs is 2. The van der Waals surface area contributed by atoms with Crippen LogP contribution in [0.25, 0.3) is 0 Å². The number of likely N-dealkylation sites (tertiary alicyclic amines) is 1. The maximum Gasteiger partial charge on any atom is 0.117 e. The number of aromatic nitrogens is 1. The van der Waals surface area contributed by atoms with E-state index in [-0.39, 0.29) is 5.41 Å². The Hall–Kier alpha value is -2.59. The van der Waals surface area contributed by atoms with Crippen LogP contribution in [0.2, 0.25) is 0 Å². The summed E-state index contributed by atoms with van der Waals surface area (Å²) in [5, 5.41) is 0. The molecule has 26 heavy (non-hydrogen) atoms. The minimum absolute atomic E-state index is 0.137. The molecule has 1 fully saturated rings. The minimum Gasteiger partial charge on any atom is -0.468 e. The number of furan rings is 1. The highest BCUT2D eigenvalue weighted by Gasteiger charge is 2.48. The predicted octanol–water partition coefficient (Wildman–Crippen LogP) is 3.84. The van der Waals surface area contributed by atoms with Crippen molar-refractivity contribution in [2.45, 2.75) is 24.9 Å². The van der Waals surface area contributed by atoms with Crippen molar-refractivity contribution in [2.24, 2.45) is 0 Å². The molecule has 5 rings (SSSR count). The maximum atomic E-state index is 5.55. The lowest BCUT2D eigenvalue weighted by Crippen LogP contribution is -2.36. The number of benzene rings is 1. The lowest BCUT2D eigenvalue weighted by Gasteiger charge is -2.25. The third kappa shape index (κ3) is 2.71. The van der Waals surface area contributed by atoms with Crippen LogP contribution in [0.15, 0.2) is 71.5 Å². The Balaban J connectivity index is 1.40. The molecule has 4 heteroatoms. The third-order valence-corrected chi connectivity index (χ3v) is 5.73. The molecule has 0 saturated carbocycles. The standard InChI is InChI=1S/C22H23N3O/c1-2-6-18(7-3-1)14-25-17-22(21-20(25)9-4-11-23-21)10-12-24(16-22)15-19-8-5-13-26-19/h1-9,11,13H,10,12,14-17H2/t22-/m0/s1. The monoisotopic (exact) mass is 345 g/mol. The fourth-order valence-electron chi connectivity index (χ4n) is 4.57. The van der Waals surface area contributed by atoms with E-state index >= 15 is 0 Å². The molecule has 2 aliphatic rings. The molecule has 0 N–H and O–H groups in total. The van der Waals surface area contributed by atoms with Gasteiger partial charge in [0.2, 0.25) is 0 Å². The van der Waals surface area contributed by atoms with E-state index < -0.39 is 0 Å². The second-order valence-electron chi connectivity index (χ2n) is 7.53. The van der Waals surface area contributed by atoms with Crippen LogP contribution in [0.5, 0.6) is 0 Å².